The van der Waals surface area contributed by atoms with Gasteiger partial charge in [-0.3, -0.25) is 14.5 Å². The molecule has 144 valence electrons. The topological polar surface area (TPSA) is 61.9 Å². The molecule has 1 aromatic carbocycles. The number of ether oxygens (including phenoxy) is 1. The minimum absolute atomic E-state index is 0.0652. The van der Waals surface area contributed by atoms with E-state index in [1.54, 1.807) is 25.3 Å². The van der Waals surface area contributed by atoms with E-state index < -0.39 is 0 Å². The van der Waals surface area contributed by atoms with E-state index in [0.29, 0.717) is 36.1 Å². The number of hydrogen-bond acceptors (Lipinski definition) is 5. The summed E-state index contributed by atoms with van der Waals surface area (Å²) < 4.78 is 5.11. The van der Waals surface area contributed by atoms with Crippen molar-refractivity contribution in [2.45, 2.75) is 6.42 Å². The number of hydrogen-bond donors (Lipinski definition) is 1. The fourth-order valence-corrected chi connectivity index (χ4v) is 3.94. The van der Waals surface area contributed by atoms with Crippen molar-refractivity contribution in [3.63, 3.8) is 0 Å². The Morgan fingerprint density at radius 3 is 2.78 bits per heavy atom. The Balaban J connectivity index is 1.51. The van der Waals surface area contributed by atoms with Gasteiger partial charge in [0.15, 0.2) is 0 Å². The summed E-state index contributed by atoms with van der Waals surface area (Å²) in [5, 5.41) is 7.09. The summed E-state index contributed by atoms with van der Waals surface area (Å²) in [4.78, 5) is 28.8. The van der Waals surface area contributed by atoms with Crippen molar-refractivity contribution in [1.82, 2.24) is 9.80 Å². The molecular formula is C19H22ClN3O3S. The Morgan fingerprint density at radius 1 is 1.22 bits per heavy atom. The first-order chi connectivity index (χ1) is 13.1. The van der Waals surface area contributed by atoms with Crippen LogP contribution in [-0.4, -0.2) is 61.4 Å². The summed E-state index contributed by atoms with van der Waals surface area (Å²) in [6.07, 6.45) is 0.845. The van der Waals surface area contributed by atoms with E-state index in [1.165, 1.54) is 11.3 Å². The lowest BCUT2D eigenvalue weighted by molar-refractivity contribution is -0.117. The molecule has 8 heteroatoms. The van der Waals surface area contributed by atoms with Crippen molar-refractivity contribution < 1.29 is 14.3 Å². The molecule has 2 aromatic rings. The van der Waals surface area contributed by atoms with Gasteiger partial charge in [-0.05, 0) is 36.1 Å². The third kappa shape index (κ3) is 5.22. The van der Waals surface area contributed by atoms with E-state index in [-0.39, 0.29) is 18.4 Å². The van der Waals surface area contributed by atoms with Gasteiger partial charge in [-0.25, -0.2) is 0 Å². The van der Waals surface area contributed by atoms with Gasteiger partial charge < -0.3 is 15.0 Å². The van der Waals surface area contributed by atoms with E-state index in [0.717, 1.165) is 18.5 Å². The minimum Gasteiger partial charge on any atom is -0.495 e. The molecule has 1 saturated heterocycles. The number of rotatable bonds is 5. The van der Waals surface area contributed by atoms with Crippen molar-refractivity contribution >= 4 is 40.4 Å². The fraction of sp³-hybridized carbons (Fsp3) is 0.368. The molecule has 27 heavy (non-hydrogen) atoms. The number of nitrogens with one attached hydrogen (secondary N) is 1. The first-order valence-corrected chi connectivity index (χ1v) is 10.1. The molecular weight excluding hydrogens is 386 g/mol. The van der Waals surface area contributed by atoms with E-state index in [4.69, 9.17) is 16.3 Å². The third-order valence-corrected chi connectivity index (χ3v) is 5.43. The third-order valence-electron chi connectivity index (χ3n) is 4.45. The molecule has 0 radical (unpaired) electrons. The molecule has 1 aliphatic rings. The van der Waals surface area contributed by atoms with E-state index >= 15 is 0 Å². The summed E-state index contributed by atoms with van der Waals surface area (Å²) in [6, 6.07) is 7.00. The fourth-order valence-electron chi connectivity index (χ4n) is 3.05. The molecule has 2 heterocycles. The maximum Gasteiger partial charge on any atom is 0.254 e. The Labute approximate surface area is 167 Å². The van der Waals surface area contributed by atoms with Crippen LogP contribution in [0.1, 0.15) is 16.8 Å². The van der Waals surface area contributed by atoms with E-state index in [1.807, 2.05) is 21.7 Å². The number of carbonyl (C=O) groups is 2. The van der Waals surface area contributed by atoms with E-state index in [9.17, 15) is 9.59 Å². The number of anilines is 1. The molecule has 0 aliphatic carbocycles. The van der Waals surface area contributed by atoms with Gasteiger partial charge in [0, 0.05) is 37.2 Å². The normalized spacial score (nSPS) is 15.3. The molecule has 3 rings (SSSR count). The number of halogens is 1. The van der Waals surface area contributed by atoms with Crippen LogP contribution in [0.15, 0.2) is 35.0 Å². The van der Waals surface area contributed by atoms with Gasteiger partial charge in [-0.1, -0.05) is 11.6 Å². The highest BCUT2D eigenvalue weighted by Gasteiger charge is 2.21. The highest BCUT2D eigenvalue weighted by molar-refractivity contribution is 7.08. The predicted molar refractivity (Wildman–Crippen MR) is 108 cm³/mol. The van der Waals surface area contributed by atoms with Crippen molar-refractivity contribution in [1.29, 1.82) is 0 Å². The second-order valence-electron chi connectivity index (χ2n) is 6.33. The summed E-state index contributed by atoms with van der Waals surface area (Å²) >= 11 is 7.61. The largest absolute Gasteiger partial charge is 0.495 e. The maximum atomic E-state index is 12.5. The summed E-state index contributed by atoms with van der Waals surface area (Å²) in [5.74, 6) is 0.529. The van der Waals surface area contributed by atoms with E-state index in [2.05, 4.69) is 10.2 Å². The van der Waals surface area contributed by atoms with Crippen LogP contribution in [0.3, 0.4) is 0 Å². The number of nitrogens with zero attached hydrogens (tertiary/aromatic N) is 2. The van der Waals surface area contributed by atoms with Crippen LogP contribution in [-0.2, 0) is 4.79 Å². The zero-order chi connectivity index (χ0) is 19.2. The molecule has 0 atom stereocenters. The number of methoxy groups -OCH3 is 1. The van der Waals surface area contributed by atoms with Crippen LogP contribution in [0.4, 0.5) is 5.69 Å². The highest BCUT2D eigenvalue weighted by Crippen LogP contribution is 2.27. The van der Waals surface area contributed by atoms with Crippen LogP contribution in [0.25, 0.3) is 0 Å². The first-order valence-electron chi connectivity index (χ1n) is 8.74. The average Bonchev–Trinajstić information content (AvgIpc) is 3.09. The maximum absolute atomic E-state index is 12.5. The molecule has 1 fully saturated rings. The van der Waals surface area contributed by atoms with Gasteiger partial charge in [-0.15, -0.1) is 0 Å². The lowest BCUT2D eigenvalue weighted by atomic mass is 10.3. The molecule has 1 N–H and O–H groups in total. The molecule has 0 unspecified atom stereocenters. The standard InChI is InChI=1S/C19H22ClN3O3S/c1-26-17-4-3-15(11-16(17)20)21-18(24)12-22-6-2-7-23(9-8-22)19(25)14-5-10-27-13-14/h3-5,10-11,13H,2,6-9,12H2,1H3,(H,21,24). The smallest absolute Gasteiger partial charge is 0.254 e. The molecule has 6 nitrogen and oxygen atoms in total. The second-order valence-corrected chi connectivity index (χ2v) is 7.52. The molecule has 1 aliphatic heterocycles. The lowest BCUT2D eigenvalue weighted by Crippen LogP contribution is -2.37. The van der Waals surface area contributed by atoms with Crippen molar-refractivity contribution in [2.75, 3.05) is 45.2 Å². The summed E-state index contributed by atoms with van der Waals surface area (Å²) in [6.45, 7) is 3.07. The van der Waals surface area contributed by atoms with Crippen LogP contribution < -0.4 is 10.1 Å². The molecule has 1 aromatic heterocycles. The molecule has 0 saturated carbocycles. The summed E-state index contributed by atoms with van der Waals surface area (Å²) in [7, 11) is 1.55. The Bertz CT molecular complexity index is 798. The molecule has 2 amide bonds. The number of benzene rings is 1. The van der Waals surface area contributed by atoms with Gasteiger partial charge in [0.1, 0.15) is 5.75 Å². The minimum atomic E-state index is -0.103. The highest BCUT2D eigenvalue weighted by atomic mass is 35.5. The average molecular weight is 408 g/mol. The van der Waals surface area contributed by atoms with Crippen LogP contribution in [0, 0.1) is 0 Å². The number of carbonyl (C=O) groups excluding carboxylic acids is 2. The van der Waals surface area contributed by atoms with Gasteiger partial charge in [0.05, 0.1) is 24.2 Å². The zero-order valence-electron chi connectivity index (χ0n) is 15.1. The second kappa shape index (κ2) is 9.21. The van der Waals surface area contributed by atoms with Crippen LogP contribution in [0.5, 0.6) is 5.75 Å². The number of thiophene rings is 1. The van der Waals surface area contributed by atoms with Gasteiger partial charge >= 0.3 is 0 Å². The zero-order valence-corrected chi connectivity index (χ0v) is 16.7. The monoisotopic (exact) mass is 407 g/mol. The van der Waals surface area contributed by atoms with Crippen LogP contribution >= 0.6 is 22.9 Å². The summed E-state index contributed by atoms with van der Waals surface area (Å²) in [5.41, 5.74) is 1.37. The van der Waals surface area contributed by atoms with Crippen LogP contribution in [0.2, 0.25) is 5.02 Å². The van der Waals surface area contributed by atoms with Crippen molar-refractivity contribution in [2.24, 2.45) is 0 Å². The van der Waals surface area contributed by atoms with Gasteiger partial charge in [0.25, 0.3) is 5.91 Å². The van der Waals surface area contributed by atoms with Gasteiger partial charge in [-0.2, -0.15) is 11.3 Å². The molecule has 0 bridgehead atoms. The quantitative estimate of drug-likeness (QED) is 0.826. The lowest BCUT2D eigenvalue weighted by Gasteiger charge is -2.21. The SMILES string of the molecule is COc1ccc(NC(=O)CN2CCCN(C(=O)c3ccsc3)CC2)cc1Cl. The van der Waals surface area contributed by atoms with Gasteiger partial charge in [0.2, 0.25) is 5.91 Å². The molecule has 0 spiro atoms. The predicted octanol–water partition coefficient (Wildman–Crippen LogP) is 3.20. The Kier molecular flexibility index (Phi) is 6.71. The van der Waals surface area contributed by atoms with Crippen molar-refractivity contribution in [3.05, 3.63) is 45.6 Å². The number of amides is 2. The first kappa shape index (κ1) is 19.7. The Hall–Kier alpha value is -2.09. The van der Waals surface area contributed by atoms with Crippen molar-refractivity contribution in [3.8, 4) is 5.75 Å². The Morgan fingerprint density at radius 2 is 2.07 bits per heavy atom.